The predicted molar refractivity (Wildman–Crippen MR) is 124 cm³/mol. The summed E-state index contributed by atoms with van der Waals surface area (Å²) in [5.74, 6) is 1.02. The molecular weight excluding hydrogens is 412 g/mol. The summed E-state index contributed by atoms with van der Waals surface area (Å²) in [7, 11) is 0. The van der Waals surface area contributed by atoms with Crippen molar-refractivity contribution in [1.29, 1.82) is 0 Å². The summed E-state index contributed by atoms with van der Waals surface area (Å²) < 4.78 is 11.7. The largest absolute Gasteiger partial charge is 0.490 e. The number of nitrogens with zero attached hydrogens (tertiary/aromatic N) is 2. The summed E-state index contributed by atoms with van der Waals surface area (Å²) in [6.45, 7) is 2.19. The molecule has 5 rings (SSSR count). The van der Waals surface area contributed by atoms with Crippen molar-refractivity contribution >= 4 is 29.2 Å². The van der Waals surface area contributed by atoms with Crippen LogP contribution in [0.2, 0.25) is 0 Å². The number of hydrogen-bond acceptors (Lipinski definition) is 4. The van der Waals surface area contributed by atoms with Gasteiger partial charge in [0.15, 0.2) is 0 Å². The van der Waals surface area contributed by atoms with Crippen molar-refractivity contribution in [2.24, 2.45) is 0 Å². The molecule has 3 aromatic rings. The molecule has 3 heterocycles. The third kappa shape index (κ3) is 4.83. The molecule has 0 unspecified atom stereocenters. The van der Waals surface area contributed by atoms with Crippen LogP contribution in [0.1, 0.15) is 25.7 Å². The van der Waals surface area contributed by atoms with Gasteiger partial charge in [-0.05, 0) is 42.7 Å². The van der Waals surface area contributed by atoms with Crippen molar-refractivity contribution in [3.05, 3.63) is 60.8 Å². The van der Waals surface area contributed by atoms with Crippen molar-refractivity contribution in [2.45, 2.75) is 37.9 Å². The third-order valence-electron chi connectivity index (χ3n) is 6.04. The molecule has 0 spiro atoms. The highest BCUT2D eigenvalue weighted by Crippen LogP contribution is 2.27. The third-order valence-corrected chi connectivity index (χ3v) is 6.04. The molecule has 5 nitrogen and oxygen atoms in total. The van der Waals surface area contributed by atoms with Crippen LogP contribution in [0.15, 0.2) is 60.8 Å². The van der Waals surface area contributed by atoms with Gasteiger partial charge in [0.2, 0.25) is 0 Å². The number of likely N-dealkylation sites (tertiary alicyclic amines) is 1. The van der Waals surface area contributed by atoms with E-state index in [1.165, 1.54) is 0 Å². The summed E-state index contributed by atoms with van der Waals surface area (Å²) in [6, 6.07) is 18.5. The van der Waals surface area contributed by atoms with E-state index in [9.17, 15) is 4.79 Å². The normalized spacial score (nSPS) is 19.2. The summed E-state index contributed by atoms with van der Waals surface area (Å²) >= 11 is 0. The predicted octanol–water partition coefficient (Wildman–Crippen LogP) is 4.87. The molecule has 2 aromatic carbocycles. The number of piperidine rings is 1. The maximum atomic E-state index is 12.5. The SMILES string of the molecule is Cl.O=C([C@@H]1CCCO1)N1CCC(Oc2ccc(-c3cnc4ccccc4c3)cc2)CC1. The first-order chi connectivity index (χ1) is 14.8. The molecule has 2 aliphatic rings. The fourth-order valence-electron chi connectivity index (χ4n) is 4.32. The van der Waals surface area contributed by atoms with E-state index in [-0.39, 0.29) is 30.5 Å². The molecular formula is C25H27ClN2O3. The van der Waals surface area contributed by atoms with Crippen molar-refractivity contribution in [3.8, 4) is 16.9 Å². The van der Waals surface area contributed by atoms with Crippen molar-refractivity contribution in [3.63, 3.8) is 0 Å². The Morgan fingerprint density at radius 2 is 1.77 bits per heavy atom. The van der Waals surface area contributed by atoms with Gasteiger partial charge in [-0.15, -0.1) is 12.4 Å². The van der Waals surface area contributed by atoms with Crippen LogP contribution in [0.25, 0.3) is 22.0 Å². The van der Waals surface area contributed by atoms with Crippen LogP contribution in [0.3, 0.4) is 0 Å². The molecule has 0 saturated carbocycles. The first-order valence-electron chi connectivity index (χ1n) is 10.8. The number of ether oxygens (including phenoxy) is 2. The van der Waals surface area contributed by atoms with E-state index < -0.39 is 0 Å². The summed E-state index contributed by atoms with van der Waals surface area (Å²) in [5.41, 5.74) is 3.23. The fourth-order valence-corrected chi connectivity index (χ4v) is 4.32. The molecule has 1 amide bonds. The minimum absolute atomic E-state index is 0. The molecule has 2 saturated heterocycles. The number of benzene rings is 2. The van der Waals surface area contributed by atoms with Gasteiger partial charge < -0.3 is 14.4 Å². The summed E-state index contributed by atoms with van der Waals surface area (Å²) in [4.78, 5) is 19.0. The maximum absolute atomic E-state index is 12.5. The number of halogens is 1. The van der Waals surface area contributed by atoms with Crippen molar-refractivity contribution in [2.75, 3.05) is 19.7 Å². The monoisotopic (exact) mass is 438 g/mol. The van der Waals surface area contributed by atoms with Crippen LogP contribution < -0.4 is 4.74 Å². The van der Waals surface area contributed by atoms with E-state index >= 15 is 0 Å². The number of carbonyl (C=O) groups excluding carboxylic acids is 1. The Morgan fingerprint density at radius 3 is 2.52 bits per heavy atom. The van der Waals surface area contributed by atoms with Crippen LogP contribution in [0.5, 0.6) is 5.75 Å². The van der Waals surface area contributed by atoms with Crippen LogP contribution in [-0.2, 0) is 9.53 Å². The minimum atomic E-state index is -0.223. The number of aromatic nitrogens is 1. The number of fused-ring (bicyclic) bond motifs is 1. The van der Waals surface area contributed by atoms with Crippen LogP contribution in [0.4, 0.5) is 0 Å². The van der Waals surface area contributed by atoms with Gasteiger partial charge in [0.05, 0.1) is 5.52 Å². The van der Waals surface area contributed by atoms with Crippen LogP contribution >= 0.6 is 12.4 Å². The fraction of sp³-hybridized carbons (Fsp3) is 0.360. The standard InChI is InChI=1S/C25H26N2O3.ClH/c28-25(24-6-3-15-29-24)27-13-11-22(12-14-27)30-21-9-7-18(8-10-21)20-16-19-4-1-2-5-23(19)26-17-20;/h1-2,4-5,7-10,16-17,22,24H,3,6,11-15H2;1H/t24-;/m0./s1. The quantitative estimate of drug-likeness (QED) is 0.583. The highest BCUT2D eigenvalue weighted by molar-refractivity contribution is 5.85. The van der Waals surface area contributed by atoms with Crippen molar-refractivity contribution < 1.29 is 14.3 Å². The maximum Gasteiger partial charge on any atom is 0.251 e. The Hall–Kier alpha value is -2.63. The van der Waals surface area contributed by atoms with E-state index in [0.717, 1.165) is 66.6 Å². The van der Waals surface area contributed by atoms with Crippen LogP contribution in [-0.4, -0.2) is 47.7 Å². The van der Waals surface area contributed by atoms with Gasteiger partial charge in [0, 0.05) is 49.7 Å². The average molecular weight is 439 g/mol. The van der Waals surface area contributed by atoms with E-state index in [4.69, 9.17) is 9.47 Å². The number of hydrogen-bond donors (Lipinski definition) is 0. The molecule has 2 aliphatic heterocycles. The Balaban J connectivity index is 0.00000231. The van der Waals surface area contributed by atoms with E-state index in [2.05, 4.69) is 29.2 Å². The average Bonchev–Trinajstić information content (AvgIpc) is 3.34. The lowest BCUT2D eigenvalue weighted by atomic mass is 10.0. The Morgan fingerprint density at radius 1 is 1.00 bits per heavy atom. The number of para-hydroxylation sites is 1. The van der Waals surface area contributed by atoms with Gasteiger partial charge in [0.1, 0.15) is 18.0 Å². The first-order valence-corrected chi connectivity index (χ1v) is 10.8. The van der Waals surface area contributed by atoms with Gasteiger partial charge in [-0.2, -0.15) is 0 Å². The summed E-state index contributed by atoms with van der Waals surface area (Å²) in [6.07, 6.45) is 5.39. The van der Waals surface area contributed by atoms with E-state index in [1.807, 2.05) is 41.4 Å². The minimum Gasteiger partial charge on any atom is -0.490 e. The van der Waals surface area contributed by atoms with Gasteiger partial charge in [0.25, 0.3) is 5.91 Å². The first kappa shape index (κ1) is 21.6. The van der Waals surface area contributed by atoms with Gasteiger partial charge in [-0.25, -0.2) is 0 Å². The van der Waals surface area contributed by atoms with E-state index in [0.29, 0.717) is 6.61 Å². The second-order valence-electron chi connectivity index (χ2n) is 8.09. The Bertz CT molecular complexity index is 1030. The molecule has 0 radical (unpaired) electrons. The Kier molecular flexibility index (Phi) is 6.73. The molecule has 1 atom stereocenters. The van der Waals surface area contributed by atoms with Gasteiger partial charge >= 0.3 is 0 Å². The number of pyridine rings is 1. The number of rotatable bonds is 4. The van der Waals surface area contributed by atoms with Crippen molar-refractivity contribution in [1.82, 2.24) is 9.88 Å². The Labute approximate surface area is 188 Å². The second kappa shape index (κ2) is 9.67. The number of carbonyl (C=O) groups is 1. The molecule has 2 fully saturated rings. The second-order valence-corrected chi connectivity index (χ2v) is 8.09. The molecule has 0 N–H and O–H groups in total. The van der Waals surface area contributed by atoms with Crippen LogP contribution in [0, 0.1) is 0 Å². The molecule has 6 heteroatoms. The zero-order valence-corrected chi connectivity index (χ0v) is 18.2. The number of amides is 1. The smallest absolute Gasteiger partial charge is 0.251 e. The lowest BCUT2D eigenvalue weighted by molar-refractivity contribution is -0.142. The van der Waals surface area contributed by atoms with Gasteiger partial charge in [-0.1, -0.05) is 30.3 Å². The molecule has 31 heavy (non-hydrogen) atoms. The lowest BCUT2D eigenvalue weighted by Crippen LogP contribution is -2.45. The lowest BCUT2D eigenvalue weighted by Gasteiger charge is -2.33. The molecule has 162 valence electrons. The molecule has 0 aliphatic carbocycles. The summed E-state index contributed by atoms with van der Waals surface area (Å²) in [5, 5.41) is 1.14. The zero-order valence-electron chi connectivity index (χ0n) is 17.4. The topological polar surface area (TPSA) is 51.7 Å². The van der Waals surface area contributed by atoms with E-state index in [1.54, 1.807) is 0 Å². The molecule has 0 bridgehead atoms. The highest BCUT2D eigenvalue weighted by atomic mass is 35.5. The molecule has 1 aromatic heterocycles. The van der Waals surface area contributed by atoms with Gasteiger partial charge in [-0.3, -0.25) is 9.78 Å². The highest BCUT2D eigenvalue weighted by Gasteiger charge is 2.31. The zero-order chi connectivity index (χ0) is 20.3.